The molecule has 0 spiro atoms. The lowest BCUT2D eigenvalue weighted by Crippen LogP contribution is -2.43. The average molecular weight is 293 g/mol. The molecule has 0 radical (unpaired) electrons. The topological polar surface area (TPSA) is 80.3 Å². The molecule has 1 saturated carbocycles. The Hall–Kier alpha value is -1.49. The van der Waals surface area contributed by atoms with Crippen molar-refractivity contribution in [3.8, 4) is 0 Å². The minimum Gasteiger partial charge on any atom is -0.397 e. The zero-order valence-electron chi connectivity index (χ0n) is 13.1. The molecule has 0 aliphatic heterocycles. The van der Waals surface area contributed by atoms with Gasteiger partial charge in [0.2, 0.25) is 0 Å². The monoisotopic (exact) mass is 293 g/mol. The van der Waals surface area contributed by atoms with Gasteiger partial charge in [0.15, 0.2) is 0 Å². The number of nitrogens with one attached hydrogen (secondary N) is 1. The van der Waals surface area contributed by atoms with E-state index < -0.39 is 5.60 Å². The number of nitrogens with two attached hydrogens (primary N) is 1. The first kappa shape index (κ1) is 15.9. The molecule has 1 aliphatic rings. The third kappa shape index (κ3) is 4.00. The van der Waals surface area contributed by atoms with E-state index in [9.17, 15) is 9.90 Å². The van der Waals surface area contributed by atoms with E-state index in [4.69, 9.17) is 5.73 Å². The van der Waals surface area contributed by atoms with Gasteiger partial charge in [0.1, 0.15) is 5.69 Å². The highest BCUT2D eigenvalue weighted by atomic mass is 16.3. The summed E-state index contributed by atoms with van der Waals surface area (Å²) in [5, 5.41) is 13.5. The molecular weight excluding hydrogens is 266 g/mol. The van der Waals surface area contributed by atoms with Crippen LogP contribution in [0, 0.1) is 0 Å². The second-order valence-electron chi connectivity index (χ2n) is 6.48. The highest BCUT2D eigenvalue weighted by Gasteiger charge is 2.29. The van der Waals surface area contributed by atoms with Gasteiger partial charge in [-0.05, 0) is 32.8 Å². The van der Waals surface area contributed by atoms with Gasteiger partial charge in [-0.15, -0.1) is 0 Å². The largest absolute Gasteiger partial charge is 0.397 e. The quantitative estimate of drug-likeness (QED) is 0.746. The molecule has 1 aromatic rings. The van der Waals surface area contributed by atoms with Crippen molar-refractivity contribution in [3.63, 3.8) is 0 Å². The SMILES string of the molecule is CC(C)n1cc(N)cc1C(=O)NCC1(O)CCCCCC1. The third-order valence-corrected chi connectivity index (χ3v) is 4.27. The maximum absolute atomic E-state index is 12.4. The van der Waals surface area contributed by atoms with Crippen molar-refractivity contribution in [3.05, 3.63) is 18.0 Å². The Morgan fingerprint density at radius 1 is 1.38 bits per heavy atom. The summed E-state index contributed by atoms with van der Waals surface area (Å²) in [7, 11) is 0. The van der Waals surface area contributed by atoms with Crippen molar-refractivity contribution in [1.82, 2.24) is 9.88 Å². The van der Waals surface area contributed by atoms with Crippen LogP contribution in [-0.4, -0.2) is 27.7 Å². The summed E-state index contributed by atoms with van der Waals surface area (Å²) in [4.78, 5) is 12.4. The summed E-state index contributed by atoms with van der Waals surface area (Å²) in [5.41, 5.74) is 6.17. The van der Waals surface area contributed by atoms with E-state index in [1.54, 1.807) is 12.3 Å². The van der Waals surface area contributed by atoms with Crippen LogP contribution < -0.4 is 11.1 Å². The zero-order chi connectivity index (χ0) is 15.5. The molecule has 5 heteroatoms. The van der Waals surface area contributed by atoms with E-state index in [1.807, 2.05) is 18.4 Å². The minimum atomic E-state index is -0.757. The van der Waals surface area contributed by atoms with Crippen LogP contribution in [-0.2, 0) is 0 Å². The standard InChI is InChI=1S/C16H27N3O2/c1-12(2)19-10-13(17)9-14(19)15(20)18-11-16(21)7-5-3-4-6-8-16/h9-10,12,21H,3-8,11,17H2,1-2H3,(H,18,20). The molecule has 4 N–H and O–H groups in total. The first-order chi connectivity index (χ1) is 9.91. The number of hydrogen-bond acceptors (Lipinski definition) is 3. The first-order valence-electron chi connectivity index (χ1n) is 7.89. The van der Waals surface area contributed by atoms with Gasteiger partial charge in [-0.25, -0.2) is 0 Å². The molecule has 1 amide bonds. The van der Waals surface area contributed by atoms with Gasteiger partial charge in [-0.1, -0.05) is 25.7 Å². The number of nitrogens with zero attached hydrogens (tertiary/aromatic N) is 1. The van der Waals surface area contributed by atoms with Gasteiger partial charge in [0.05, 0.1) is 11.3 Å². The number of anilines is 1. The van der Waals surface area contributed by atoms with Gasteiger partial charge in [-0.3, -0.25) is 4.79 Å². The van der Waals surface area contributed by atoms with Crippen molar-refractivity contribution in [2.75, 3.05) is 12.3 Å². The maximum atomic E-state index is 12.4. The molecule has 118 valence electrons. The van der Waals surface area contributed by atoms with Crippen LogP contribution in [0.1, 0.15) is 68.9 Å². The lowest BCUT2D eigenvalue weighted by Gasteiger charge is -2.27. The molecule has 2 rings (SSSR count). The van der Waals surface area contributed by atoms with Gasteiger partial charge in [-0.2, -0.15) is 0 Å². The predicted molar refractivity (Wildman–Crippen MR) is 84.2 cm³/mol. The Bertz CT molecular complexity index is 486. The third-order valence-electron chi connectivity index (χ3n) is 4.27. The number of carbonyl (C=O) groups excluding carboxylic acids is 1. The summed E-state index contributed by atoms with van der Waals surface area (Å²) in [6.07, 6.45) is 7.70. The van der Waals surface area contributed by atoms with Crippen molar-refractivity contribution in [1.29, 1.82) is 0 Å². The van der Waals surface area contributed by atoms with Crippen molar-refractivity contribution in [2.24, 2.45) is 0 Å². The number of rotatable bonds is 4. The van der Waals surface area contributed by atoms with Crippen LogP contribution in [0.2, 0.25) is 0 Å². The Kier molecular flexibility index (Phi) is 4.93. The smallest absolute Gasteiger partial charge is 0.268 e. The molecule has 0 unspecified atom stereocenters. The number of aliphatic hydroxyl groups is 1. The highest BCUT2D eigenvalue weighted by Crippen LogP contribution is 2.26. The van der Waals surface area contributed by atoms with Gasteiger partial charge in [0.25, 0.3) is 5.91 Å². The molecule has 1 heterocycles. The summed E-state index contributed by atoms with van der Waals surface area (Å²) in [6, 6.07) is 1.86. The second-order valence-corrected chi connectivity index (χ2v) is 6.48. The van der Waals surface area contributed by atoms with Crippen molar-refractivity contribution in [2.45, 2.75) is 64.0 Å². The Morgan fingerprint density at radius 2 is 2.00 bits per heavy atom. The number of amides is 1. The molecule has 5 nitrogen and oxygen atoms in total. The molecule has 0 aromatic carbocycles. The Labute approximate surface area is 126 Å². The molecule has 0 saturated heterocycles. The van der Waals surface area contributed by atoms with Gasteiger partial charge < -0.3 is 20.7 Å². The molecule has 0 atom stereocenters. The Balaban J connectivity index is 2.01. The van der Waals surface area contributed by atoms with Crippen LogP contribution in [0.15, 0.2) is 12.3 Å². The van der Waals surface area contributed by atoms with E-state index >= 15 is 0 Å². The number of carbonyl (C=O) groups is 1. The van der Waals surface area contributed by atoms with E-state index in [2.05, 4.69) is 5.32 Å². The molecule has 1 aromatic heterocycles. The number of aromatic nitrogens is 1. The molecular formula is C16H27N3O2. The van der Waals surface area contributed by atoms with Crippen LogP contribution in [0.25, 0.3) is 0 Å². The fraction of sp³-hybridized carbons (Fsp3) is 0.688. The predicted octanol–water partition coefficient (Wildman–Crippen LogP) is 2.47. The fourth-order valence-corrected chi connectivity index (χ4v) is 3.01. The number of nitrogen functional groups attached to an aromatic ring is 1. The lowest BCUT2D eigenvalue weighted by molar-refractivity contribution is 0.0245. The maximum Gasteiger partial charge on any atom is 0.268 e. The van der Waals surface area contributed by atoms with Crippen LogP contribution >= 0.6 is 0 Å². The lowest BCUT2D eigenvalue weighted by atomic mass is 9.94. The van der Waals surface area contributed by atoms with Crippen LogP contribution in [0.5, 0.6) is 0 Å². The highest BCUT2D eigenvalue weighted by molar-refractivity contribution is 5.93. The summed E-state index contributed by atoms with van der Waals surface area (Å²) < 4.78 is 1.86. The molecule has 1 aliphatic carbocycles. The fourth-order valence-electron chi connectivity index (χ4n) is 3.01. The van der Waals surface area contributed by atoms with Crippen LogP contribution in [0.3, 0.4) is 0 Å². The summed E-state index contributed by atoms with van der Waals surface area (Å²) >= 11 is 0. The molecule has 21 heavy (non-hydrogen) atoms. The van der Waals surface area contributed by atoms with E-state index in [0.29, 0.717) is 17.9 Å². The van der Waals surface area contributed by atoms with Crippen molar-refractivity contribution >= 4 is 11.6 Å². The van der Waals surface area contributed by atoms with Crippen LogP contribution in [0.4, 0.5) is 5.69 Å². The second kappa shape index (κ2) is 6.52. The van der Waals surface area contributed by atoms with Crippen molar-refractivity contribution < 1.29 is 9.90 Å². The Morgan fingerprint density at radius 3 is 2.57 bits per heavy atom. The molecule has 0 bridgehead atoms. The van der Waals surface area contributed by atoms with Gasteiger partial charge >= 0.3 is 0 Å². The van der Waals surface area contributed by atoms with E-state index in [-0.39, 0.29) is 11.9 Å². The number of hydrogen-bond donors (Lipinski definition) is 3. The van der Waals surface area contributed by atoms with Gasteiger partial charge in [0, 0.05) is 18.8 Å². The summed E-state index contributed by atoms with van der Waals surface area (Å²) in [5.74, 6) is -0.168. The van der Waals surface area contributed by atoms with E-state index in [1.165, 1.54) is 12.8 Å². The minimum absolute atomic E-state index is 0.168. The first-order valence-corrected chi connectivity index (χ1v) is 7.89. The zero-order valence-corrected chi connectivity index (χ0v) is 13.1. The molecule has 1 fully saturated rings. The van der Waals surface area contributed by atoms with E-state index in [0.717, 1.165) is 25.7 Å². The average Bonchev–Trinajstić information content (AvgIpc) is 2.69. The summed E-state index contributed by atoms with van der Waals surface area (Å²) in [6.45, 7) is 4.33. The normalized spacial score (nSPS) is 18.5.